The van der Waals surface area contributed by atoms with Crippen molar-refractivity contribution < 1.29 is 21.6 Å². The highest BCUT2D eigenvalue weighted by molar-refractivity contribution is 7.88. The number of sulfonamides is 1. The number of halogens is 3. The van der Waals surface area contributed by atoms with Crippen molar-refractivity contribution in [3.63, 3.8) is 0 Å². The van der Waals surface area contributed by atoms with Gasteiger partial charge in [-0.25, -0.2) is 18.1 Å². The van der Waals surface area contributed by atoms with Crippen molar-refractivity contribution in [2.75, 3.05) is 12.4 Å². The third-order valence-corrected chi connectivity index (χ3v) is 4.59. The van der Waals surface area contributed by atoms with Crippen LogP contribution < -0.4 is 10.0 Å². The van der Waals surface area contributed by atoms with E-state index in [1.165, 1.54) is 7.05 Å². The van der Waals surface area contributed by atoms with Crippen molar-refractivity contribution in [3.8, 4) is 0 Å². The molecule has 0 aliphatic heterocycles. The Balaban J connectivity index is 2.00. The summed E-state index contributed by atoms with van der Waals surface area (Å²) in [6.07, 6.45) is -3.32. The summed E-state index contributed by atoms with van der Waals surface area (Å²) in [5.74, 6) is -0.0153. The van der Waals surface area contributed by atoms with Crippen molar-refractivity contribution in [1.82, 2.24) is 9.71 Å². The number of hydrogen-bond acceptors (Lipinski definition) is 4. The van der Waals surface area contributed by atoms with E-state index >= 15 is 0 Å². The molecule has 0 saturated heterocycles. The van der Waals surface area contributed by atoms with E-state index in [1.807, 2.05) is 0 Å². The number of benzene rings is 1. The van der Waals surface area contributed by atoms with E-state index in [9.17, 15) is 21.6 Å². The highest BCUT2D eigenvalue weighted by atomic mass is 32.2. The molecule has 0 aliphatic rings. The first-order valence-electron chi connectivity index (χ1n) is 6.96. The lowest BCUT2D eigenvalue weighted by Gasteiger charge is -2.10. The number of alkyl halides is 3. The summed E-state index contributed by atoms with van der Waals surface area (Å²) in [7, 11) is -2.00. The van der Waals surface area contributed by atoms with E-state index in [4.69, 9.17) is 0 Å². The Morgan fingerprint density at radius 2 is 1.71 bits per heavy atom. The molecule has 24 heavy (non-hydrogen) atoms. The minimum absolute atomic E-state index is 0.117. The van der Waals surface area contributed by atoms with Crippen LogP contribution in [-0.2, 0) is 28.5 Å². The van der Waals surface area contributed by atoms with Crippen LogP contribution in [0.1, 0.15) is 16.7 Å². The van der Waals surface area contributed by atoms with Crippen LogP contribution >= 0.6 is 0 Å². The molecule has 0 saturated carbocycles. The molecule has 2 aromatic rings. The second kappa shape index (κ2) is 7.18. The summed E-state index contributed by atoms with van der Waals surface area (Å²) in [5.41, 5.74) is 0.637. The van der Waals surface area contributed by atoms with Crippen LogP contribution in [0.4, 0.5) is 19.0 Å². The number of rotatable bonds is 6. The van der Waals surface area contributed by atoms with Gasteiger partial charge in [-0.15, -0.1) is 0 Å². The maximum atomic E-state index is 12.6. The zero-order chi connectivity index (χ0) is 17.8. The first-order valence-corrected chi connectivity index (χ1v) is 8.61. The molecule has 0 spiro atoms. The van der Waals surface area contributed by atoms with E-state index in [0.717, 1.165) is 23.9 Å². The SMILES string of the molecule is CNS(=O)(=O)Cc1ccc(CNc2cc(C(F)(F)F)ccn2)cc1. The minimum Gasteiger partial charge on any atom is -0.366 e. The van der Waals surface area contributed by atoms with Crippen molar-refractivity contribution in [1.29, 1.82) is 0 Å². The van der Waals surface area contributed by atoms with E-state index in [-0.39, 0.29) is 18.1 Å². The summed E-state index contributed by atoms with van der Waals surface area (Å²) in [6.45, 7) is 0.271. The molecule has 0 radical (unpaired) electrons. The van der Waals surface area contributed by atoms with Gasteiger partial charge in [-0.05, 0) is 30.3 Å². The monoisotopic (exact) mass is 359 g/mol. The summed E-state index contributed by atoms with van der Waals surface area (Å²) < 4.78 is 63.0. The zero-order valence-corrected chi connectivity index (χ0v) is 13.6. The molecular weight excluding hydrogens is 343 g/mol. The van der Waals surface area contributed by atoms with E-state index in [2.05, 4.69) is 15.0 Å². The number of hydrogen-bond donors (Lipinski definition) is 2. The number of pyridine rings is 1. The molecule has 0 unspecified atom stereocenters. The highest BCUT2D eigenvalue weighted by Gasteiger charge is 2.30. The van der Waals surface area contributed by atoms with Gasteiger partial charge in [-0.1, -0.05) is 24.3 Å². The predicted molar refractivity (Wildman–Crippen MR) is 84.7 cm³/mol. The molecule has 0 aliphatic carbocycles. The van der Waals surface area contributed by atoms with Crippen LogP contribution in [0, 0.1) is 0 Å². The normalized spacial score (nSPS) is 12.2. The molecule has 1 aromatic carbocycles. The van der Waals surface area contributed by atoms with Crippen LogP contribution in [0.3, 0.4) is 0 Å². The Morgan fingerprint density at radius 1 is 1.08 bits per heavy atom. The Labute approximate surface area is 138 Å². The molecule has 130 valence electrons. The average Bonchev–Trinajstić information content (AvgIpc) is 2.53. The smallest absolute Gasteiger partial charge is 0.366 e. The molecule has 0 fully saturated rings. The van der Waals surface area contributed by atoms with Gasteiger partial charge in [0, 0.05) is 12.7 Å². The van der Waals surface area contributed by atoms with E-state index in [0.29, 0.717) is 5.56 Å². The van der Waals surface area contributed by atoms with Crippen LogP contribution in [-0.4, -0.2) is 20.4 Å². The Bertz CT molecular complexity index is 790. The molecule has 2 rings (SSSR count). The first-order chi connectivity index (χ1) is 11.2. The fourth-order valence-electron chi connectivity index (χ4n) is 1.94. The van der Waals surface area contributed by atoms with Gasteiger partial charge < -0.3 is 5.32 Å². The van der Waals surface area contributed by atoms with Gasteiger partial charge in [-0.2, -0.15) is 13.2 Å². The Kier molecular flexibility index (Phi) is 5.45. The first kappa shape index (κ1) is 18.2. The molecule has 2 N–H and O–H groups in total. The summed E-state index contributed by atoms with van der Waals surface area (Å²) >= 11 is 0. The molecular formula is C15H16F3N3O2S. The van der Waals surface area contributed by atoms with Crippen LogP contribution in [0.15, 0.2) is 42.6 Å². The van der Waals surface area contributed by atoms with E-state index in [1.54, 1.807) is 24.3 Å². The molecule has 0 amide bonds. The number of aromatic nitrogens is 1. The highest BCUT2D eigenvalue weighted by Crippen LogP contribution is 2.29. The minimum atomic E-state index is -4.42. The molecule has 1 heterocycles. The second-order valence-electron chi connectivity index (χ2n) is 5.06. The van der Waals surface area contributed by atoms with Crippen LogP contribution in [0.2, 0.25) is 0 Å². The third-order valence-electron chi connectivity index (χ3n) is 3.25. The lowest BCUT2D eigenvalue weighted by molar-refractivity contribution is -0.137. The van der Waals surface area contributed by atoms with Crippen molar-refractivity contribution in [2.45, 2.75) is 18.5 Å². The van der Waals surface area contributed by atoms with Crippen LogP contribution in [0.5, 0.6) is 0 Å². The number of nitrogens with zero attached hydrogens (tertiary/aromatic N) is 1. The number of nitrogens with one attached hydrogen (secondary N) is 2. The lowest BCUT2D eigenvalue weighted by Crippen LogP contribution is -2.20. The predicted octanol–water partition coefficient (Wildman–Crippen LogP) is 2.76. The lowest BCUT2D eigenvalue weighted by atomic mass is 10.1. The summed E-state index contributed by atoms with van der Waals surface area (Å²) in [5, 5.41) is 2.81. The summed E-state index contributed by atoms with van der Waals surface area (Å²) in [4.78, 5) is 3.85. The maximum Gasteiger partial charge on any atom is 0.416 e. The van der Waals surface area contributed by atoms with Gasteiger partial charge in [0.2, 0.25) is 10.0 Å². The third kappa shape index (κ3) is 5.20. The molecule has 1 aromatic heterocycles. The number of anilines is 1. The fourth-order valence-corrected chi connectivity index (χ4v) is 2.72. The van der Waals surface area contributed by atoms with Gasteiger partial charge in [-0.3, -0.25) is 0 Å². The summed E-state index contributed by atoms with van der Waals surface area (Å²) in [6, 6.07) is 8.58. The largest absolute Gasteiger partial charge is 0.416 e. The Morgan fingerprint density at radius 3 is 2.29 bits per heavy atom. The quantitative estimate of drug-likeness (QED) is 0.832. The van der Waals surface area contributed by atoms with Gasteiger partial charge in [0.1, 0.15) is 5.82 Å². The standard InChI is InChI=1S/C15H16F3N3O2S/c1-19-24(22,23)10-12-4-2-11(3-5-12)9-21-14-8-13(6-7-20-14)15(16,17)18/h2-8,19H,9-10H2,1H3,(H,20,21). The van der Waals surface area contributed by atoms with Crippen LogP contribution in [0.25, 0.3) is 0 Å². The molecule has 5 nitrogen and oxygen atoms in total. The second-order valence-corrected chi connectivity index (χ2v) is 6.99. The molecule has 9 heteroatoms. The Hall–Kier alpha value is -2.13. The maximum absolute atomic E-state index is 12.6. The average molecular weight is 359 g/mol. The van der Waals surface area contributed by atoms with Gasteiger partial charge >= 0.3 is 6.18 Å². The molecule has 0 atom stereocenters. The zero-order valence-electron chi connectivity index (χ0n) is 12.8. The fraction of sp³-hybridized carbons (Fsp3) is 0.267. The van der Waals surface area contributed by atoms with Crippen molar-refractivity contribution in [3.05, 3.63) is 59.3 Å². The van der Waals surface area contributed by atoms with Gasteiger partial charge in [0.05, 0.1) is 11.3 Å². The van der Waals surface area contributed by atoms with E-state index < -0.39 is 21.8 Å². The van der Waals surface area contributed by atoms with Crippen molar-refractivity contribution in [2.24, 2.45) is 0 Å². The van der Waals surface area contributed by atoms with Crippen molar-refractivity contribution >= 4 is 15.8 Å². The van der Waals surface area contributed by atoms with Gasteiger partial charge in [0.25, 0.3) is 0 Å². The topological polar surface area (TPSA) is 71.1 Å². The molecule has 0 bridgehead atoms. The van der Waals surface area contributed by atoms with Gasteiger partial charge in [0.15, 0.2) is 0 Å².